The van der Waals surface area contributed by atoms with Crippen LogP contribution in [0.2, 0.25) is 0 Å². The maximum Gasteiger partial charge on any atom is 0.148 e. The van der Waals surface area contributed by atoms with E-state index in [1.807, 2.05) is 55.7 Å². The normalized spacial score (nSPS) is 11.5. The van der Waals surface area contributed by atoms with Gasteiger partial charge in [-0.05, 0) is 53.9 Å². The summed E-state index contributed by atoms with van der Waals surface area (Å²) in [7, 11) is 0. The first-order chi connectivity index (χ1) is 20.6. The average Bonchev–Trinajstić information content (AvgIpc) is 3.61. The molecule has 0 aliphatic carbocycles. The zero-order chi connectivity index (χ0) is 30.3. The quantitative estimate of drug-likeness (QED) is 0.168. The number of aromatic nitrogens is 3. The number of rotatable bonds is 3. The van der Waals surface area contributed by atoms with Crippen LogP contribution >= 0.6 is 11.3 Å². The van der Waals surface area contributed by atoms with E-state index in [2.05, 4.69) is 89.0 Å². The van der Waals surface area contributed by atoms with Gasteiger partial charge in [0.1, 0.15) is 11.1 Å². The molecular weight excluding hydrogens is 739 g/mol. The van der Waals surface area contributed by atoms with Gasteiger partial charge in [-0.1, -0.05) is 69.8 Å². The first-order valence-corrected chi connectivity index (χ1v) is 15.5. The molecule has 4 nitrogen and oxygen atoms in total. The third-order valence-corrected chi connectivity index (χ3v) is 8.97. The van der Waals surface area contributed by atoms with Gasteiger partial charge in [-0.25, -0.2) is 4.98 Å². The van der Waals surface area contributed by atoms with Crippen LogP contribution in [0.4, 0.5) is 0 Å². The second kappa shape index (κ2) is 12.7. The molecule has 0 atom stereocenters. The van der Waals surface area contributed by atoms with Crippen LogP contribution in [0.3, 0.4) is 0 Å². The summed E-state index contributed by atoms with van der Waals surface area (Å²) in [4.78, 5) is 14.0. The molecule has 0 fully saturated rings. The number of nitrogens with zero attached hydrogens (tertiary/aromatic N) is 3. The van der Waals surface area contributed by atoms with Gasteiger partial charge in [0.25, 0.3) is 0 Å². The van der Waals surface area contributed by atoms with Crippen molar-refractivity contribution in [2.24, 2.45) is 0 Å². The van der Waals surface area contributed by atoms with Crippen LogP contribution in [0.5, 0.6) is 0 Å². The molecular formula is C38H35IrN3OS-2. The van der Waals surface area contributed by atoms with Crippen molar-refractivity contribution in [3.05, 3.63) is 113 Å². The second-order valence-corrected chi connectivity index (χ2v) is 13.4. The number of thiazole rings is 1. The summed E-state index contributed by atoms with van der Waals surface area (Å²) in [6.45, 7) is 15.2. The number of fused-ring (bicyclic) bond motifs is 5. The number of pyridine rings is 2. The zero-order valence-electron chi connectivity index (χ0n) is 26.1. The van der Waals surface area contributed by atoms with Gasteiger partial charge in [-0.15, -0.1) is 65.4 Å². The van der Waals surface area contributed by atoms with Crippen molar-refractivity contribution in [2.45, 2.75) is 59.8 Å². The predicted molar refractivity (Wildman–Crippen MR) is 180 cm³/mol. The molecule has 0 saturated carbocycles. The minimum atomic E-state index is 0. The first kappa shape index (κ1) is 31.7. The monoisotopic (exact) mass is 774 g/mol. The summed E-state index contributed by atoms with van der Waals surface area (Å²) in [6, 6.07) is 29.0. The molecule has 4 aromatic heterocycles. The van der Waals surface area contributed by atoms with Crippen molar-refractivity contribution < 1.29 is 24.5 Å². The van der Waals surface area contributed by atoms with Crippen LogP contribution in [-0.4, -0.2) is 15.0 Å². The average molecular weight is 774 g/mol. The summed E-state index contributed by atoms with van der Waals surface area (Å²) < 4.78 is 7.64. The van der Waals surface area contributed by atoms with Crippen LogP contribution < -0.4 is 0 Å². The summed E-state index contributed by atoms with van der Waals surface area (Å²) in [6.07, 6.45) is 3.82. The van der Waals surface area contributed by atoms with E-state index in [4.69, 9.17) is 14.4 Å². The van der Waals surface area contributed by atoms with Crippen LogP contribution in [0.1, 0.15) is 62.2 Å². The van der Waals surface area contributed by atoms with Gasteiger partial charge in [-0.3, -0.25) is 0 Å². The first-order valence-electron chi connectivity index (χ1n) is 14.6. The molecule has 0 aliphatic rings. The Hall–Kier alpha value is -3.70. The molecule has 225 valence electrons. The molecule has 7 aromatic rings. The van der Waals surface area contributed by atoms with Crippen molar-refractivity contribution in [3.63, 3.8) is 0 Å². The second-order valence-electron chi connectivity index (χ2n) is 12.3. The van der Waals surface area contributed by atoms with E-state index in [1.54, 1.807) is 11.3 Å². The Balaban J connectivity index is 0.000000230. The van der Waals surface area contributed by atoms with Gasteiger partial charge in [0, 0.05) is 43.3 Å². The van der Waals surface area contributed by atoms with E-state index in [0.717, 1.165) is 59.7 Å². The minimum absolute atomic E-state index is 0. The number of benzene rings is 3. The van der Waals surface area contributed by atoms with Crippen LogP contribution in [0, 0.1) is 26.0 Å². The van der Waals surface area contributed by atoms with Gasteiger partial charge in [0.15, 0.2) is 0 Å². The van der Waals surface area contributed by atoms with Crippen molar-refractivity contribution in [3.8, 4) is 22.5 Å². The minimum Gasteiger partial charge on any atom is -0.498 e. The molecule has 0 spiro atoms. The number of hydrogen-bond acceptors (Lipinski definition) is 5. The smallest absolute Gasteiger partial charge is 0.148 e. The third-order valence-electron chi connectivity index (χ3n) is 7.52. The van der Waals surface area contributed by atoms with Gasteiger partial charge < -0.3 is 14.4 Å². The Labute approximate surface area is 277 Å². The fourth-order valence-corrected chi connectivity index (χ4v) is 6.20. The number of hydrogen-bond donors (Lipinski definition) is 0. The Bertz CT molecular complexity index is 2050. The van der Waals surface area contributed by atoms with E-state index >= 15 is 0 Å². The number of aryl methyl sites for hydroxylation is 2. The molecule has 3 aromatic carbocycles. The fraction of sp³-hybridized carbons (Fsp3) is 0.237. The molecule has 1 radical (unpaired) electrons. The maximum atomic E-state index is 6.48. The zero-order valence-corrected chi connectivity index (χ0v) is 29.3. The summed E-state index contributed by atoms with van der Waals surface area (Å²) in [5, 5.41) is 3.30. The molecule has 0 aliphatic heterocycles. The van der Waals surface area contributed by atoms with Crippen molar-refractivity contribution in [2.75, 3.05) is 0 Å². The summed E-state index contributed by atoms with van der Waals surface area (Å²) in [5.41, 5.74) is 10.2. The van der Waals surface area contributed by atoms with Crippen molar-refractivity contribution in [1.82, 2.24) is 15.0 Å². The third kappa shape index (κ3) is 6.25. The van der Waals surface area contributed by atoms with Gasteiger partial charge >= 0.3 is 0 Å². The molecule has 7 rings (SSSR count). The Morgan fingerprint density at radius 3 is 2.27 bits per heavy atom. The Morgan fingerprint density at radius 2 is 1.59 bits per heavy atom. The summed E-state index contributed by atoms with van der Waals surface area (Å²) in [5.74, 6) is 0.437. The molecule has 0 amide bonds. The van der Waals surface area contributed by atoms with Crippen molar-refractivity contribution >= 4 is 43.5 Å². The molecule has 6 heteroatoms. The number of furan rings is 1. The van der Waals surface area contributed by atoms with E-state index < -0.39 is 0 Å². The standard InChI is InChI=1S/C26H25N2OS.C12H10N.Ir/c1-14(2)19-12-20(27-13-15(19)3)18-9-7-8-16-17-10-11-21-22(24(17)29-23(16)18)28-25(30-21)26(4,5)6;1-10-7-8-12(13-9-10)11-5-3-2-4-6-11;/h7-8,10-14H,1-6H3;2-5,7-9H,1H3;/q2*-1;. The SMILES string of the molecule is Cc1ccc(-c2[c-]cccc2)nc1.Cc1cnc(-c2[c-]ccc3c2oc2c3ccc3sc(C(C)(C)C)nc32)cc1C(C)C.[Ir]. The molecule has 0 N–H and O–H groups in total. The van der Waals surface area contributed by atoms with Gasteiger partial charge in [-0.2, -0.15) is 0 Å². The maximum absolute atomic E-state index is 6.48. The molecule has 44 heavy (non-hydrogen) atoms. The van der Waals surface area contributed by atoms with Gasteiger partial charge in [0.2, 0.25) is 0 Å². The molecule has 0 bridgehead atoms. The largest absolute Gasteiger partial charge is 0.498 e. The van der Waals surface area contributed by atoms with E-state index in [0.29, 0.717) is 5.92 Å². The molecule has 4 heterocycles. The van der Waals surface area contributed by atoms with E-state index in [-0.39, 0.29) is 25.5 Å². The van der Waals surface area contributed by atoms with E-state index in [9.17, 15) is 0 Å². The Morgan fingerprint density at radius 1 is 0.818 bits per heavy atom. The van der Waals surface area contributed by atoms with Crippen LogP contribution in [0.15, 0.2) is 83.5 Å². The molecule has 0 saturated heterocycles. The summed E-state index contributed by atoms with van der Waals surface area (Å²) >= 11 is 1.75. The topological polar surface area (TPSA) is 51.8 Å². The van der Waals surface area contributed by atoms with Gasteiger partial charge in [0.05, 0.1) is 15.3 Å². The Kier molecular flexibility index (Phi) is 9.17. The van der Waals surface area contributed by atoms with Crippen LogP contribution in [-0.2, 0) is 25.5 Å². The fourth-order valence-electron chi connectivity index (χ4n) is 5.18. The predicted octanol–water partition coefficient (Wildman–Crippen LogP) is 10.6. The molecule has 0 unspecified atom stereocenters. The van der Waals surface area contributed by atoms with Crippen LogP contribution in [0.25, 0.3) is 54.7 Å². The van der Waals surface area contributed by atoms with Crippen molar-refractivity contribution in [1.29, 1.82) is 0 Å². The van der Waals surface area contributed by atoms with E-state index in [1.165, 1.54) is 16.7 Å².